The number of allylic oxidation sites excluding steroid dienone is 1. The molecule has 2 aliphatic rings. The summed E-state index contributed by atoms with van der Waals surface area (Å²) in [6.07, 6.45) is 3.21. The lowest BCUT2D eigenvalue weighted by Gasteiger charge is -2.30. The van der Waals surface area contributed by atoms with Crippen LogP contribution in [-0.4, -0.2) is 36.2 Å². The summed E-state index contributed by atoms with van der Waals surface area (Å²) >= 11 is 0. The molecule has 0 fully saturated rings. The Labute approximate surface area is 211 Å². The van der Waals surface area contributed by atoms with E-state index in [1.54, 1.807) is 17.0 Å². The van der Waals surface area contributed by atoms with Crippen molar-refractivity contribution in [3.05, 3.63) is 76.7 Å². The van der Waals surface area contributed by atoms with Crippen LogP contribution in [0.25, 0.3) is 11.3 Å². The second kappa shape index (κ2) is 10.5. The van der Waals surface area contributed by atoms with Gasteiger partial charge < -0.3 is 20.3 Å². The van der Waals surface area contributed by atoms with Crippen LogP contribution in [0.5, 0.6) is 0 Å². The normalized spacial score (nSPS) is 19.3. The minimum absolute atomic E-state index is 0.136. The number of anilines is 1. The lowest BCUT2D eigenvalue weighted by atomic mass is 9.90. The van der Waals surface area contributed by atoms with Crippen molar-refractivity contribution >= 4 is 23.1 Å². The predicted octanol–water partition coefficient (Wildman–Crippen LogP) is 6.72. The molecule has 1 unspecified atom stereocenters. The van der Waals surface area contributed by atoms with Crippen LogP contribution in [0.4, 0.5) is 14.9 Å². The molecule has 0 aromatic heterocycles. The standard InChI is InChI=1S/C28H34FN5O2/c1-18(33-30)26-21-10-9-20(19-12-15-34(16-13-19)27(35)36-28(2,3)4)17-22(21)24(11-14-31-26)32-25-8-6-5-7-23(25)29/h5-10,12,17,24,30-32H,11,13-16H2,1-4H3/b26-18-,33-30?. The Morgan fingerprint density at radius 1 is 1.25 bits per heavy atom. The first-order chi connectivity index (χ1) is 17.2. The van der Waals surface area contributed by atoms with E-state index in [0.717, 1.165) is 34.4 Å². The molecular formula is C28H34FN5O2. The van der Waals surface area contributed by atoms with Gasteiger partial charge in [0, 0.05) is 25.2 Å². The number of hydrogen-bond acceptors (Lipinski definition) is 6. The number of nitrogens with zero attached hydrogens (tertiary/aromatic N) is 2. The van der Waals surface area contributed by atoms with Crippen molar-refractivity contribution < 1.29 is 13.9 Å². The van der Waals surface area contributed by atoms with E-state index in [9.17, 15) is 9.18 Å². The Morgan fingerprint density at radius 2 is 2.03 bits per heavy atom. The summed E-state index contributed by atoms with van der Waals surface area (Å²) in [7, 11) is 0. The molecular weight excluding hydrogens is 457 g/mol. The van der Waals surface area contributed by atoms with Crippen LogP contribution in [0.1, 0.15) is 63.3 Å². The SMILES string of the molecule is C/C(N=N)=C1/NCCC(Nc2ccccc2F)c2cc(C3=CCN(C(=O)OC(C)(C)C)CC3)ccc21. The van der Waals surface area contributed by atoms with Crippen LogP contribution < -0.4 is 10.6 Å². The van der Waals surface area contributed by atoms with E-state index < -0.39 is 5.60 Å². The molecule has 0 aliphatic carbocycles. The molecule has 2 aliphatic heterocycles. The third kappa shape index (κ3) is 5.75. The predicted molar refractivity (Wildman–Crippen MR) is 140 cm³/mol. The third-order valence-corrected chi connectivity index (χ3v) is 6.40. The minimum Gasteiger partial charge on any atom is -0.444 e. The first kappa shape index (κ1) is 25.4. The molecule has 36 heavy (non-hydrogen) atoms. The molecule has 1 amide bonds. The van der Waals surface area contributed by atoms with E-state index in [0.29, 0.717) is 37.4 Å². The molecule has 7 nitrogen and oxygen atoms in total. The number of ether oxygens (including phenoxy) is 1. The van der Waals surface area contributed by atoms with Gasteiger partial charge in [-0.3, -0.25) is 0 Å². The Morgan fingerprint density at radius 3 is 2.69 bits per heavy atom. The van der Waals surface area contributed by atoms with Crippen LogP contribution in [0.2, 0.25) is 0 Å². The zero-order chi connectivity index (χ0) is 25.9. The van der Waals surface area contributed by atoms with Crippen molar-refractivity contribution in [3.63, 3.8) is 0 Å². The van der Waals surface area contributed by atoms with Gasteiger partial charge in [-0.2, -0.15) is 5.11 Å². The smallest absolute Gasteiger partial charge is 0.410 e. The summed E-state index contributed by atoms with van der Waals surface area (Å²) in [5.41, 5.74) is 13.1. The Hall–Kier alpha value is -3.68. The van der Waals surface area contributed by atoms with E-state index in [4.69, 9.17) is 10.3 Å². The summed E-state index contributed by atoms with van der Waals surface area (Å²) in [5.74, 6) is -0.294. The second-order valence-corrected chi connectivity index (χ2v) is 10.2. The number of fused-ring (bicyclic) bond motifs is 1. The Balaban J connectivity index is 1.67. The van der Waals surface area contributed by atoms with Crippen molar-refractivity contribution in [2.75, 3.05) is 25.0 Å². The zero-order valence-corrected chi connectivity index (χ0v) is 21.3. The topological polar surface area (TPSA) is 89.8 Å². The van der Waals surface area contributed by atoms with Gasteiger partial charge in [-0.15, -0.1) is 0 Å². The van der Waals surface area contributed by atoms with Crippen LogP contribution >= 0.6 is 0 Å². The maximum Gasteiger partial charge on any atom is 0.410 e. The highest BCUT2D eigenvalue weighted by molar-refractivity contribution is 5.76. The van der Waals surface area contributed by atoms with Crippen molar-refractivity contribution in [2.45, 2.75) is 52.2 Å². The Kier molecular flexibility index (Phi) is 7.43. The first-order valence-corrected chi connectivity index (χ1v) is 12.3. The second-order valence-electron chi connectivity index (χ2n) is 10.2. The van der Waals surface area contributed by atoms with E-state index in [1.807, 2.05) is 39.8 Å². The summed E-state index contributed by atoms with van der Waals surface area (Å²) in [4.78, 5) is 14.2. The quantitative estimate of drug-likeness (QED) is 0.414. The van der Waals surface area contributed by atoms with Gasteiger partial charge in [-0.25, -0.2) is 14.7 Å². The number of carbonyl (C=O) groups is 1. The molecule has 0 radical (unpaired) electrons. The molecule has 4 rings (SSSR count). The maximum absolute atomic E-state index is 14.5. The molecule has 2 aromatic carbocycles. The van der Waals surface area contributed by atoms with Gasteiger partial charge in [0.2, 0.25) is 0 Å². The van der Waals surface area contributed by atoms with Crippen LogP contribution in [0, 0.1) is 11.3 Å². The molecule has 3 N–H and O–H groups in total. The van der Waals surface area contributed by atoms with E-state index in [-0.39, 0.29) is 18.0 Å². The number of nitrogens with one attached hydrogen (secondary N) is 3. The highest BCUT2D eigenvalue weighted by Crippen LogP contribution is 2.36. The van der Waals surface area contributed by atoms with Gasteiger partial charge in [-0.1, -0.05) is 30.3 Å². The number of halogens is 1. The van der Waals surface area contributed by atoms with Crippen molar-refractivity contribution in [2.24, 2.45) is 5.11 Å². The molecule has 0 spiro atoms. The Bertz CT molecular complexity index is 1210. The fourth-order valence-corrected chi connectivity index (χ4v) is 4.59. The molecule has 190 valence electrons. The maximum atomic E-state index is 14.5. The molecule has 2 heterocycles. The average molecular weight is 492 g/mol. The van der Waals surface area contributed by atoms with Gasteiger partial charge in [0.1, 0.15) is 11.4 Å². The van der Waals surface area contributed by atoms with Gasteiger partial charge >= 0.3 is 6.09 Å². The molecule has 0 bridgehead atoms. The summed E-state index contributed by atoms with van der Waals surface area (Å²) in [6.45, 7) is 9.14. The number of amides is 1. The summed E-state index contributed by atoms with van der Waals surface area (Å²) in [6, 6.07) is 12.8. The third-order valence-electron chi connectivity index (χ3n) is 6.40. The number of carbonyl (C=O) groups excluding carboxylic acids is 1. The van der Waals surface area contributed by atoms with E-state index in [1.165, 1.54) is 6.07 Å². The number of benzene rings is 2. The molecule has 8 heteroatoms. The van der Waals surface area contributed by atoms with E-state index >= 15 is 0 Å². The van der Waals surface area contributed by atoms with Gasteiger partial charge in [0.05, 0.1) is 23.1 Å². The number of para-hydroxylation sites is 1. The largest absolute Gasteiger partial charge is 0.444 e. The van der Waals surface area contributed by atoms with Crippen molar-refractivity contribution in [3.8, 4) is 0 Å². The van der Waals surface area contributed by atoms with Crippen LogP contribution in [-0.2, 0) is 4.74 Å². The monoisotopic (exact) mass is 491 g/mol. The molecule has 2 aromatic rings. The van der Waals surface area contributed by atoms with Gasteiger partial charge in [-0.05, 0) is 75.4 Å². The fraction of sp³-hybridized carbons (Fsp3) is 0.393. The number of rotatable bonds is 4. The minimum atomic E-state index is -0.527. The molecule has 0 saturated heterocycles. The first-order valence-electron chi connectivity index (χ1n) is 12.3. The van der Waals surface area contributed by atoms with E-state index in [2.05, 4.69) is 34.0 Å². The molecule has 1 atom stereocenters. The van der Waals surface area contributed by atoms with Gasteiger partial charge in [0.15, 0.2) is 0 Å². The van der Waals surface area contributed by atoms with Crippen LogP contribution in [0.15, 0.2) is 59.4 Å². The lowest BCUT2D eigenvalue weighted by molar-refractivity contribution is 0.0270. The fourth-order valence-electron chi connectivity index (χ4n) is 4.59. The zero-order valence-electron chi connectivity index (χ0n) is 21.3. The van der Waals surface area contributed by atoms with Crippen LogP contribution in [0.3, 0.4) is 0 Å². The average Bonchev–Trinajstić information content (AvgIpc) is 3.03. The van der Waals surface area contributed by atoms with Gasteiger partial charge in [0.25, 0.3) is 0 Å². The van der Waals surface area contributed by atoms with Crippen molar-refractivity contribution in [1.29, 1.82) is 5.53 Å². The molecule has 0 saturated carbocycles. The lowest BCUT2D eigenvalue weighted by Crippen LogP contribution is -2.39. The summed E-state index contributed by atoms with van der Waals surface area (Å²) < 4.78 is 20.0. The summed E-state index contributed by atoms with van der Waals surface area (Å²) in [5, 5.41) is 10.5. The van der Waals surface area contributed by atoms with Crippen molar-refractivity contribution in [1.82, 2.24) is 10.2 Å². The number of hydrogen-bond donors (Lipinski definition) is 3. The highest BCUT2D eigenvalue weighted by atomic mass is 19.1. The highest BCUT2D eigenvalue weighted by Gasteiger charge is 2.26.